The van der Waals surface area contributed by atoms with Gasteiger partial charge in [-0.1, -0.05) is 41.7 Å². The van der Waals surface area contributed by atoms with Crippen molar-refractivity contribution in [3.63, 3.8) is 0 Å². The Kier molecular flexibility index (Phi) is 5.88. The smallest absolute Gasteiger partial charge is 0.239 e. The number of hydrogen-bond acceptors (Lipinski definition) is 6. The molecule has 0 atom stereocenters. The molecule has 2 heterocycles. The third kappa shape index (κ3) is 4.62. The van der Waals surface area contributed by atoms with Gasteiger partial charge in [0.2, 0.25) is 11.8 Å². The van der Waals surface area contributed by atoms with Crippen LogP contribution in [0.1, 0.15) is 5.01 Å². The van der Waals surface area contributed by atoms with E-state index in [9.17, 15) is 9.59 Å². The van der Waals surface area contributed by atoms with Crippen molar-refractivity contribution in [1.29, 1.82) is 0 Å². The molecule has 26 heavy (non-hydrogen) atoms. The number of fused-ring (bicyclic) bond motifs is 1. The molecule has 1 aromatic carbocycles. The molecule has 8 heteroatoms. The normalized spacial score (nSPS) is 10.7. The lowest BCUT2D eigenvalue weighted by Gasteiger charge is -2.04. The molecule has 0 bridgehead atoms. The van der Waals surface area contributed by atoms with Crippen molar-refractivity contribution in [2.75, 3.05) is 19.7 Å². The van der Waals surface area contributed by atoms with Crippen molar-refractivity contribution in [2.45, 2.75) is 6.42 Å². The zero-order valence-corrected chi connectivity index (χ0v) is 14.8. The maximum Gasteiger partial charge on any atom is 0.239 e. The number of aliphatic hydroxyl groups is 1. The van der Waals surface area contributed by atoms with Gasteiger partial charge in [-0.05, 0) is 12.1 Å². The van der Waals surface area contributed by atoms with Gasteiger partial charge in [-0.15, -0.1) is 0 Å². The predicted molar refractivity (Wildman–Crippen MR) is 99.7 cm³/mol. The third-order valence-corrected chi connectivity index (χ3v) is 4.53. The minimum Gasteiger partial charge on any atom is -0.395 e. The van der Waals surface area contributed by atoms with Gasteiger partial charge in [0.1, 0.15) is 15.4 Å². The van der Waals surface area contributed by atoms with Crippen LogP contribution < -0.4 is 10.6 Å². The van der Waals surface area contributed by atoms with E-state index in [0.717, 1.165) is 21.6 Å². The van der Waals surface area contributed by atoms with Crippen molar-refractivity contribution in [3.8, 4) is 11.3 Å². The first kappa shape index (κ1) is 18.0. The van der Waals surface area contributed by atoms with Gasteiger partial charge in [-0.2, -0.15) is 0 Å². The highest BCUT2D eigenvalue weighted by Crippen LogP contribution is 2.25. The van der Waals surface area contributed by atoms with Crippen molar-refractivity contribution in [1.82, 2.24) is 20.6 Å². The Morgan fingerprint density at radius 1 is 1.00 bits per heavy atom. The van der Waals surface area contributed by atoms with E-state index >= 15 is 0 Å². The Bertz CT molecular complexity index is 911. The van der Waals surface area contributed by atoms with Gasteiger partial charge in [0.05, 0.1) is 25.3 Å². The fraction of sp³-hybridized carbons (Fsp3) is 0.222. The first-order valence-electron chi connectivity index (χ1n) is 8.12. The first-order valence-corrected chi connectivity index (χ1v) is 8.93. The molecule has 2 aromatic heterocycles. The van der Waals surface area contributed by atoms with Crippen LogP contribution in [0.25, 0.3) is 21.6 Å². The first-order chi connectivity index (χ1) is 12.7. The summed E-state index contributed by atoms with van der Waals surface area (Å²) in [7, 11) is 0. The van der Waals surface area contributed by atoms with Crippen LogP contribution in [0.2, 0.25) is 0 Å². The highest BCUT2D eigenvalue weighted by Gasteiger charge is 2.12. The van der Waals surface area contributed by atoms with Crippen molar-refractivity contribution < 1.29 is 14.7 Å². The van der Waals surface area contributed by atoms with Crippen LogP contribution in [0.5, 0.6) is 0 Å². The number of nitrogens with one attached hydrogen (secondary N) is 2. The zero-order chi connectivity index (χ0) is 18.4. The Morgan fingerprint density at radius 3 is 2.58 bits per heavy atom. The topological polar surface area (TPSA) is 104 Å². The van der Waals surface area contributed by atoms with Gasteiger partial charge in [-0.3, -0.25) is 9.59 Å². The number of aromatic nitrogens is 2. The minimum atomic E-state index is -0.342. The molecule has 7 nitrogen and oxygen atoms in total. The summed E-state index contributed by atoms with van der Waals surface area (Å²) in [5.41, 5.74) is 2.63. The van der Waals surface area contributed by atoms with Crippen LogP contribution in [0, 0.1) is 0 Å². The predicted octanol–water partition coefficient (Wildman–Crippen LogP) is 1.13. The van der Waals surface area contributed by atoms with Crippen molar-refractivity contribution in [2.24, 2.45) is 0 Å². The highest BCUT2D eigenvalue weighted by molar-refractivity contribution is 7.18. The van der Waals surface area contributed by atoms with E-state index in [-0.39, 0.29) is 37.9 Å². The van der Waals surface area contributed by atoms with Gasteiger partial charge < -0.3 is 15.7 Å². The molecule has 0 spiro atoms. The lowest BCUT2D eigenvalue weighted by Crippen LogP contribution is -2.38. The number of carbonyl (C=O) groups is 2. The molecular formula is C18H18N4O3S. The van der Waals surface area contributed by atoms with Gasteiger partial charge in [0.15, 0.2) is 0 Å². The monoisotopic (exact) mass is 370 g/mol. The maximum atomic E-state index is 12.0. The highest BCUT2D eigenvalue weighted by atomic mass is 32.1. The molecule has 0 radical (unpaired) electrons. The van der Waals surface area contributed by atoms with Crippen LogP contribution in [0.15, 0.2) is 42.5 Å². The second-order valence-electron chi connectivity index (χ2n) is 5.52. The second kappa shape index (κ2) is 8.50. The maximum absolute atomic E-state index is 12.0. The summed E-state index contributed by atoms with van der Waals surface area (Å²) in [4.78, 5) is 33.2. The molecular weight excluding hydrogens is 352 g/mol. The molecule has 3 aromatic rings. The van der Waals surface area contributed by atoms with E-state index in [1.807, 2.05) is 42.5 Å². The fourth-order valence-electron chi connectivity index (χ4n) is 2.34. The summed E-state index contributed by atoms with van der Waals surface area (Å²) in [6.07, 6.45) is 0.0922. The van der Waals surface area contributed by atoms with Gasteiger partial charge >= 0.3 is 0 Å². The summed E-state index contributed by atoms with van der Waals surface area (Å²) >= 11 is 1.37. The van der Waals surface area contributed by atoms with E-state index < -0.39 is 0 Å². The van der Waals surface area contributed by atoms with E-state index in [1.165, 1.54) is 11.3 Å². The van der Waals surface area contributed by atoms with Gasteiger partial charge in [0.25, 0.3) is 0 Å². The quantitative estimate of drug-likeness (QED) is 0.578. The molecule has 0 fully saturated rings. The summed E-state index contributed by atoms with van der Waals surface area (Å²) in [5.74, 6) is -0.627. The van der Waals surface area contributed by atoms with E-state index in [1.54, 1.807) is 0 Å². The lowest BCUT2D eigenvalue weighted by molar-refractivity contribution is -0.125. The average Bonchev–Trinajstić information content (AvgIpc) is 3.06. The molecule has 0 saturated heterocycles. The second-order valence-corrected chi connectivity index (χ2v) is 6.58. The number of nitrogens with zero attached hydrogens (tertiary/aromatic N) is 2. The third-order valence-electron chi connectivity index (χ3n) is 3.56. The Labute approximate surface area is 154 Å². The lowest BCUT2D eigenvalue weighted by atomic mass is 10.1. The number of thiazole rings is 1. The molecule has 3 rings (SSSR count). The molecule has 0 saturated carbocycles. The molecule has 3 N–H and O–H groups in total. The van der Waals surface area contributed by atoms with Crippen LogP contribution in [0.4, 0.5) is 0 Å². The Hall–Kier alpha value is -2.84. The SMILES string of the molecule is O=C(CNC(=O)Cc1nc2ccc(-c3ccccc3)nc2s1)NCCO. The molecule has 0 aliphatic heterocycles. The standard InChI is InChI=1S/C18H18N4O3S/c23-9-8-19-16(25)11-20-15(24)10-17-21-14-7-6-13(22-18(14)26-17)12-4-2-1-3-5-12/h1-7,23H,8-11H2,(H,19,25)(H,20,24). The number of carbonyl (C=O) groups excluding carboxylic acids is 2. The summed E-state index contributed by atoms with van der Waals surface area (Å²) in [6.45, 7) is -0.0918. The van der Waals surface area contributed by atoms with E-state index in [4.69, 9.17) is 5.11 Å². The number of amides is 2. The Balaban J connectivity index is 1.64. The van der Waals surface area contributed by atoms with Gasteiger partial charge in [0, 0.05) is 12.1 Å². The summed E-state index contributed by atoms with van der Waals surface area (Å²) in [6, 6.07) is 13.7. The molecule has 2 amide bonds. The van der Waals surface area contributed by atoms with Crippen LogP contribution >= 0.6 is 11.3 Å². The van der Waals surface area contributed by atoms with Gasteiger partial charge in [-0.25, -0.2) is 9.97 Å². The van der Waals surface area contributed by atoms with E-state index in [2.05, 4.69) is 20.6 Å². The average molecular weight is 370 g/mol. The molecule has 0 unspecified atom stereocenters. The molecule has 0 aliphatic carbocycles. The summed E-state index contributed by atoms with van der Waals surface area (Å²) in [5, 5.41) is 14.3. The zero-order valence-electron chi connectivity index (χ0n) is 13.9. The fourth-order valence-corrected chi connectivity index (χ4v) is 3.28. The number of pyridine rings is 1. The molecule has 0 aliphatic rings. The number of rotatable bonds is 7. The number of hydrogen-bond donors (Lipinski definition) is 3. The van der Waals surface area contributed by atoms with Crippen LogP contribution in [-0.2, 0) is 16.0 Å². The minimum absolute atomic E-state index is 0.0922. The number of aliphatic hydroxyl groups excluding tert-OH is 1. The molecule has 134 valence electrons. The Morgan fingerprint density at radius 2 is 1.81 bits per heavy atom. The van der Waals surface area contributed by atoms with Crippen LogP contribution in [-0.4, -0.2) is 46.6 Å². The largest absolute Gasteiger partial charge is 0.395 e. The van der Waals surface area contributed by atoms with Crippen molar-refractivity contribution in [3.05, 3.63) is 47.5 Å². The van der Waals surface area contributed by atoms with Crippen LogP contribution in [0.3, 0.4) is 0 Å². The number of benzene rings is 1. The van der Waals surface area contributed by atoms with E-state index in [0.29, 0.717) is 5.01 Å². The summed E-state index contributed by atoms with van der Waals surface area (Å²) < 4.78 is 0. The van der Waals surface area contributed by atoms with Crippen molar-refractivity contribution >= 4 is 33.5 Å².